The molecule has 1 aliphatic rings. The van der Waals surface area contributed by atoms with E-state index in [0.29, 0.717) is 30.3 Å². The van der Waals surface area contributed by atoms with Gasteiger partial charge in [0.15, 0.2) is 0 Å². The molecule has 0 spiro atoms. The molecule has 5 nitrogen and oxygen atoms in total. The molecular formula is C15H17ClN2O3. The third kappa shape index (κ3) is 3.76. The second-order valence-electron chi connectivity index (χ2n) is 4.89. The minimum atomic E-state index is -0.356. The Kier molecular flexibility index (Phi) is 4.85. The van der Waals surface area contributed by atoms with E-state index >= 15 is 0 Å². The molecule has 112 valence electrons. The Morgan fingerprint density at radius 3 is 2.86 bits per heavy atom. The first-order chi connectivity index (χ1) is 10.0. The maximum Gasteiger partial charge on any atom is 0.246 e. The van der Waals surface area contributed by atoms with Crippen LogP contribution in [0.5, 0.6) is 5.75 Å². The summed E-state index contributed by atoms with van der Waals surface area (Å²) in [4.78, 5) is 24.8. The number of nitrogens with zero attached hydrogens (tertiary/aromatic N) is 1. The Labute approximate surface area is 128 Å². The van der Waals surface area contributed by atoms with Gasteiger partial charge in [-0.1, -0.05) is 11.6 Å². The van der Waals surface area contributed by atoms with Gasteiger partial charge in [0.1, 0.15) is 5.75 Å². The standard InChI is InChI=1S/C15H17ClN2O3/c1-21-13-4-3-12(16)8-10(13)2-5-14(19)18-7-6-11(9-18)15(17)20/h2-5,8,11H,6-7,9H2,1H3,(H2,17,20)/b5-2-/t11-/m1/s1. The highest BCUT2D eigenvalue weighted by molar-refractivity contribution is 6.30. The number of amides is 2. The molecule has 0 saturated carbocycles. The van der Waals surface area contributed by atoms with E-state index in [1.807, 2.05) is 0 Å². The molecule has 21 heavy (non-hydrogen) atoms. The van der Waals surface area contributed by atoms with Crippen LogP contribution >= 0.6 is 11.6 Å². The van der Waals surface area contributed by atoms with Gasteiger partial charge >= 0.3 is 0 Å². The van der Waals surface area contributed by atoms with E-state index < -0.39 is 0 Å². The van der Waals surface area contributed by atoms with Crippen LogP contribution < -0.4 is 10.5 Å². The predicted molar refractivity (Wildman–Crippen MR) is 80.9 cm³/mol. The van der Waals surface area contributed by atoms with Gasteiger partial charge in [0.25, 0.3) is 0 Å². The van der Waals surface area contributed by atoms with E-state index in [1.165, 1.54) is 6.08 Å². The Morgan fingerprint density at radius 1 is 1.48 bits per heavy atom. The highest BCUT2D eigenvalue weighted by Crippen LogP contribution is 2.24. The fraction of sp³-hybridized carbons (Fsp3) is 0.333. The largest absolute Gasteiger partial charge is 0.496 e. The number of halogens is 1. The van der Waals surface area contributed by atoms with Gasteiger partial charge in [-0.05, 0) is 30.7 Å². The second kappa shape index (κ2) is 6.63. The van der Waals surface area contributed by atoms with Crippen LogP contribution in [0.1, 0.15) is 12.0 Å². The molecule has 0 radical (unpaired) electrons. The number of rotatable bonds is 4. The summed E-state index contributed by atoms with van der Waals surface area (Å²) in [5.41, 5.74) is 5.98. The van der Waals surface area contributed by atoms with E-state index in [0.717, 1.165) is 5.56 Å². The van der Waals surface area contributed by atoms with Gasteiger partial charge in [-0.15, -0.1) is 0 Å². The van der Waals surface area contributed by atoms with Crippen LogP contribution in [-0.2, 0) is 9.59 Å². The van der Waals surface area contributed by atoms with Crippen LogP contribution in [0.3, 0.4) is 0 Å². The Balaban J connectivity index is 2.06. The maximum atomic E-state index is 12.1. The second-order valence-corrected chi connectivity index (χ2v) is 5.33. The van der Waals surface area contributed by atoms with Crippen molar-refractivity contribution < 1.29 is 14.3 Å². The first-order valence-electron chi connectivity index (χ1n) is 6.61. The number of carbonyl (C=O) groups excluding carboxylic acids is 2. The first kappa shape index (κ1) is 15.4. The number of carbonyl (C=O) groups is 2. The van der Waals surface area contributed by atoms with Crippen molar-refractivity contribution >= 4 is 29.5 Å². The van der Waals surface area contributed by atoms with E-state index in [4.69, 9.17) is 22.1 Å². The average molecular weight is 309 g/mol. The van der Waals surface area contributed by atoms with E-state index in [1.54, 1.807) is 36.3 Å². The van der Waals surface area contributed by atoms with E-state index in [9.17, 15) is 9.59 Å². The van der Waals surface area contributed by atoms with Crippen molar-refractivity contribution in [3.05, 3.63) is 34.9 Å². The summed E-state index contributed by atoms with van der Waals surface area (Å²) in [5.74, 6) is -0.116. The molecule has 1 aromatic rings. The van der Waals surface area contributed by atoms with Gasteiger partial charge in [-0.25, -0.2) is 0 Å². The molecule has 0 aromatic heterocycles. The van der Waals surface area contributed by atoms with Crippen LogP contribution in [0.2, 0.25) is 5.02 Å². The third-order valence-corrected chi connectivity index (χ3v) is 3.73. The number of likely N-dealkylation sites (tertiary alicyclic amines) is 1. The van der Waals surface area contributed by atoms with Crippen molar-refractivity contribution in [2.75, 3.05) is 20.2 Å². The molecule has 2 N–H and O–H groups in total. The Bertz CT molecular complexity index is 586. The van der Waals surface area contributed by atoms with Crippen molar-refractivity contribution in [1.82, 2.24) is 4.90 Å². The minimum Gasteiger partial charge on any atom is -0.496 e. The quantitative estimate of drug-likeness (QED) is 0.860. The number of hydrogen-bond acceptors (Lipinski definition) is 3. The summed E-state index contributed by atoms with van der Waals surface area (Å²) < 4.78 is 5.21. The van der Waals surface area contributed by atoms with Gasteiger partial charge in [-0.3, -0.25) is 9.59 Å². The summed E-state index contributed by atoms with van der Waals surface area (Å²) in [6, 6.07) is 5.18. The van der Waals surface area contributed by atoms with Gasteiger partial charge in [0.05, 0.1) is 13.0 Å². The molecule has 2 rings (SSSR count). The van der Waals surface area contributed by atoms with E-state index in [2.05, 4.69) is 0 Å². The van der Waals surface area contributed by atoms with Gasteiger partial charge in [0, 0.05) is 29.8 Å². The average Bonchev–Trinajstić information content (AvgIpc) is 2.95. The normalized spacial score (nSPS) is 18.2. The third-order valence-electron chi connectivity index (χ3n) is 3.50. The summed E-state index contributed by atoms with van der Waals surface area (Å²) in [7, 11) is 1.56. The highest BCUT2D eigenvalue weighted by atomic mass is 35.5. The molecular weight excluding hydrogens is 292 g/mol. The number of ether oxygens (including phenoxy) is 1. The monoisotopic (exact) mass is 308 g/mol. The van der Waals surface area contributed by atoms with Crippen molar-refractivity contribution in [3.8, 4) is 5.75 Å². The van der Waals surface area contributed by atoms with Crippen molar-refractivity contribution in [1.29, 1.82) is 0 Å². The van der Waals surface area contributed by atoms with Gasteiger partial charge < -0.3 is 15.4 Å². The van der Waals surface area contributed by atoms with Gasteiger partial charge in [-0.2, -0.15) is 0 Å². The zero-order valence-electron chi connectivity index (χ0n) is 11.7. The molecule has 2 amide bonds. The molecule has 1 heterocycles. The lowest BCUT2D eigenvalue weighted by Crippen LogP contribution is -2.30. The topological polar surface area (TPSA) is 72.6 Å². The van der Waals surface area contributed by atoms with Crippen LogP contribution in [0.25, 0.3) is 6.08 Å². The van der Waals surface area contributed by atoms with Crippen molar-refractivity contribution in [2.45, 2.75) is 6.42 Å². The molecule has 0 aliphatic carbocycles. The van der Waals surface area contributed by atoms with Crippen LogP contribution in [-0.4, -0.2) is 36.9 Å². The predicted octanol–water partition coefficient (Wildman–Crippen LogP) is 1.70. The lowest BCUT2D eigenvalue weighted by Gasteiger charge is -2.13. The summed E-state index contributed by atoms with van der Waals surface area (Å²) in [5, 5.41) is 0.567. The SMILES string of the molecule is COc1ccc(Cl)cc1/C=C\C(=O)N1CC[C@@H](C(N)=O)C1. The molecule has 1 aliphatic heterocycles. The molecule has 0 unspecified atom stereocenters. The highest BCUT2D eigenvalue weighted by Gasteiger charge is 2.28. The number of hydrogen-bond donors (Lipinski definition) is 1. The van der Waals surface area contributed by atoms with Crippen LogP contribution in [0.15, 0.2) is 24.3 Å². The zero-order chi connectivity index (χ0) is 15.4. The van der Waals surface area contributed by atoms with Gasteiger partial charge in [0.2, 0.25) is 11.8 Å². The number of nitrogens with two attached hydrogens (primary N) is 1. The number of primary amides is 1. The molecule has 1 fully saturated rings. The smallest absolute Gasteiger partial charge is 0.246 e. The summed E-state index contributed by atoms with van der Waals surface area (Å²) >= 11 is 5.93. The molecule has 1 atom stereocenters. The lowest BCUT2D eigenvalue weighted by molar-refractivity contribution is -0.125. The van der Waals surface area contributed by atoms with Crippen LogP contribution in [0, 0.1) is 5.92 Å². The maximum absolute atomic E-state index is 12.1. The molecule has 0 bridgehead atoms. The zero-order valence-corrected chi connectivity index (χ0v) is 12.5. The van der Waals surface area contributed by atoms with Crippen molar-refractivity contribution in [3.63, 3.8) is 0 Å². The van der Waals surface area contributed by atoms with E-state index in [-0.39, 0.29) is 17.7 Å². The fourth-order valence-corrected chi connectivity index (χ4v) is 2.48. The first-order valence-corrected chi connectivity index (χ1v) is 6.99. The number of methoxy groups -OCH3 is 1. The molecule has 1 aromatic carbocycles. The Morgan fingerprint density at radius 2 is 2.24 bits per heavy atom. The van der Waals surface area contributed by atoms with Crippen LogP contribution in [0.4, 0.5) is 0 Å². The molecule has 1 saturated heterocycles. The minimum absolute atomic E-state index is 0.152. The summed E-state index contributed by atoms with van der Waals surface area (Å²) in [6.07, 6.45) is 3.73. The summed E-state index contributed by atoms with van der Waals surface area (Å²) in [6.45, 7) is 0.925. The molecule has 6 heteroatoms. The fourth-order valence-electron chi connectivity index (χ4n) is 2.29. The Hall–Kier alpha value is -2.01. The lowest BCUT2D eigenvalue weighted by atomic mass is 10.1. The van der Waals surface area contributed by atoms with Crippen molar-refractivity contribution in [2.24, 2.45) is 11.7 Å². The number of benzene rings is 1.